The number of nitrogens with zero attached hydrogens (tertiary/aromatic N) is 5. The molecule has 0 amide bonds. The maximum atomic E-state index is 13.6. The van der Waals surface area contributed by atoms with Gasteiger partial charge in [0.1, 0.15) is 5.75 Å². The average molecular weight is 460 g/mol. The van der Waals surface area contributed by atoms with Crippen LogP contribution < -0.4 is 20.9 Å². The van der Waals surface area contributed by atoms with Gasteiger partial charge >= 0.3 is 5.69 Å². The molecule has 0 fully saturated rings. The summed E-state index contributed by atoms with van der Waals surface area (Å²) in [6, 6.07) is 17.9. The normalized spacial score (nSPS) is 15.5. The van der Waals surface area contributed by atoms with Gasteiger partial charge in [-0.05, 0) is 36.5 Å². The number of anilines is 2. The Labute approximate surface area is 197 Å². The summed E-state index contributed by atoms with van der Waals surface area (Å²) in [5, 5.41) is 0. The van der Waals surface area contributed by atoms with Gasteiger partial charge in [-0.15, -0.1) is 0 Å². The minimum Gasteiger partial charge on any atom is -0.497 e. The highest BCUT2D eigenvalue weighted by Gasteiger charge is 2.30. The molecule has 0 bridgehead atoms. The third-order valence-corrected chi connectivity index (χ3v) is 6.50. The number of ether oxygens (including phenoxy) is 1. The van der Waals surface area contributed by atoms with Crippen LogP contribution in [0.3, 0.4) is 0 Å². The molecule has 1 aliphatic rings. The van der Waals surface area contributed by atoms with Gasteiger partial charge < -0.3 is 14.2 Å². The zero-order valence-corrected chi connectivity index (χ0v) is 19.8. The Bertz CT molecular complexity index is 1450. The van der Waals surface area contributed by atoms with Crippen molar-refractivity contribution in [3.05, 3.63) is 81.0 Å². The Morgan fingerprint density at radius 2 is 1.85 bits per heavy atom. The predicted molar refractivity (Wildman–Crippen MR) is 133 cm³/mol. The first-order valence-electron chi connectivity index (χ1n) is 11.6. The molecule has 0 N–H and O–H groups in total. The first kappa shape index (κ1) is 22.0. The van der Waals surface area contributed by atoms with Crippen LogP contribution >= 0.6 is 0 Å². The Balaban J connectivity index is 1.58. The van der Waals surface area contributed by atoms with E-state index in [0.29, 0.717) is 42.5 Å². The van der Waals surface area contributed by atoms with Crippen LogP contribution in [0.2, 0.25) is 0 Å². The maximum Gasteiger partial charge on any atom is 0.332 e. The fourth-order valence-electron chi connectivity index (χ4n) is 4.78. The molecular weight excluding hydrogens is 430 g/mol. The molecule has 0 saturated carbocycles. The number of rotatable bonds is 6. The van der Waals surface area contributed by atoms with Gasteiger partial charge in [-0.25, -0.2) is 4.79 Å². The molecule has 1 unspecified atom stereocenters. The van der Waals surface area contributed by atoms with Gasteiger partial charge in [-0.3, -0.25) is 13.9 Å². The van der Waals surface area contributed by atoms with E-state index in [-0.39, 0.29) is 11.2 Å². The molecule has 1 atom stereocenters. The lowest BCUT2D eigenvalue weighted by Crippen LogP contribution is -2.40. The van der Waals surface area contributed by atoms with E-state index >= 15 is 0 Å². The van der Waals surface area contributed by atoms with Crippen molar-refractivity contribution >= 4 is 22.8 Å². The molecule has 0 aliphatic carbocycles. The summed E-state index contributed by atoms with van der Waals surface area (Å²) in [6.45, 7) is 3.95. The number of hydrogen-bond donors (Lipinski definition) is 0. The van der Waals surface area contributed by atoms with Crippen LogP contribution in [0.1, 0.15) is 18.9 Å². The highest BCUT2D eigenvalue weighted by molar-refractivity contribution is 5.77. The monoisotopic (exact) mass is 459 g/mol. The maximum absolute atomic E-state index is 13.6. The number of imidazole rings is 1. The Morgan fingerprint density at radius 1 is 1.06 bits per heavy atom. The molecule has 0 saturated heterocycles. The van der Waals surface area contributed by atoms with Crippen LogP contribution in [0.15, 0.2) is 64.2 Å². The SMILES string of the molecule is COc1cccc(N2CC(C)Cn3c2nc2c3c(=O)n(CCCc3ccccc3)c(=O)n2C)c1. The second-order valence-electron chi connectivity index (χ2n) is 9.00. The number of hydrogen-bond acceptors (Lipinski definition) is 5. The molecule has 2 aromatic heterocycles. The third kappa shape index (κ3) is 3.79. The first-order valence-corrected chi connectivity index (χ1v) is 11.6. The zero-order chi connectivity index (χ0) is 23.8. The van der Waals surface area contributed by atoms with Crippen LogP contribution in [0.25, 0.3) is 11.2 Å². The third-order valence-electron chi connectivity index (χ3n) is 6.50. The zero-order valence-electron chi connectivity index (χ0n) is 19.8. The molecule has 0 radical (unpaired) electrons. The summed E-state index contributed by atoms with van der Waals surface area (Å²) in [6.07, 6.45) is 1.51. The molecule has 2 aromatic carbocycles. The Hall–Kier alpha value is -3.81. The van der Waals surface area contributed by atoms with Crippen molar-refractivity contribution in [3.8, 4) is 5.75 Å². The second kappa shape index (κ2) is 8.85. The summed E-state index contributed by atoms with van der Waals surface area (Å²) in [4.78, 5) is 33.6. The first-order chi connectivity index (χ1) is 16.5. The van der Waals surface area contributed by atoms with Crippen molar-refractivity contribution in [3.63, 3.8) is 0 Å². The molecular formula is C26H29N5O3. The lowest BCUT2D eigenvalue weighted by atomic mass is 10.1. The van der Waals surface area contributed by atoms with Crippen molar-refractivity contribution in [2.24, 2.45) is 13.0 Å². The number of aryl methyl sites for hydroxylation is 2. The highest BCUT2D eigenvalue weighted by Crippen LogP contribution is 2.34. The van der Waals surface area contributed by atoms with Crippen LogP contribution in [0.4, 0.5) is 11.6 Å². The quantitative estimate of drug-likeness (QED) is 0.442. The largest absolute Gasteiger partial charge is 0.497 e. The van der Waals surface area contributed by atoms with Crippen molar-refractivity contribution in [2.45, 2.75) is 32.9 Å². The smallest absolute Gasteiger partial charge is 0.332 e. The van der Waals surface area contributed by atoms with Crippen LogP contribution in [-0.4, -0.2) is 32.3 Å². The van der Waals surface area contributed by atoms with E-state index in [1.54, 1.807) is 14.2 Å². The highest BCUT2D eigenvalue weighted by atomic mass is 16.5. The van der Waals surface area contributed by atoms with Crippen LogP contribution in [0.5, 0.6) is 5.75 Å². The van der Waals surface area contributed by atoms with Gasteiger partial charge in [-0.1, -0.05) is 43.3 Å². The Morgan fingerprint density at radius 3 is 2.62 bits per heavy atom. The van der Waals surface area contributed by atoms with Crippen LogP contribution in [-0.2, 0) is 26.6 Å². The average Bonchev–Trinajstić information content (AvgIpc) is 3.24. The summed E-state index contributed by atoms with van der Waals surface area (Å²) in [5.74, 6) is 1.72. The minimum absolute atomic E-state index is 0.274. The van der Waals surface area contributed by atoms with Gasteiger partial charge in [0, 0.05) is 38.4 Å². The lowest BCUT2D eigenvalue weighted by molar-refractivity contribution is 0.414. The summed E-state index contributed by atoms with van der Waals surface area (Å²) in [7, 11) is 3.33. The van der Waals surface area contributed by atoms with E-state index in [1.807, 2.05) is 47.0 Å². The van der Waals surface area contributed by atoms with Crippen molar-refractivity contribution in [1.29, 1.82) is 0 Å². The fourth-order valence-corrected chi connectivity index (χ4v) is 4.78. The van der Waals surface area contributed by atoms with Crippen LogP contribution in [0, 0.1) is 5.92 Å². The van der Waals surface area contributed by atoms with Crippen molar-refractivity contribution < 1.29 is 4.74 Å². The second-order valence-corrected chi connectivity index (χ2v) is 9.00. The molecule has 1 aliphatic heterocycles. The van der Waals surface area contributed by atoms with E-state index in [1.165, 1.54) is 14.7 Å². The summed E-state index contributed by atoms with van der Waals surface area (Å²) in [5.41, 5.74) is 2.43. The number of methoxy groups -OCH3 is 1. The van der Waals surface area contributed by atoms with Crippen molar-refractivity contribution in [2.75, 3.05) is 18.6 Å². The van der Waals surface area contributed by atoms with E-state index in [9.17, 15) is 9.59 Å². The lowest BCUT2D eigenvalue weighted by Gasteiger charge is -2.33. The van der Waals surface area contributed by atoms with Gasteiger partial charge in [0.25, 0.3) is 5.56 Å². The van der Waals surface area contributed by atoms with E-state index < -0.39 is 0 Å². The standard InChI is InChI=1S/C26H29N5O3/c1-18-16-30(20-12-7-13-21(15-20)34-3)25-27-23-22(31(25)17-18)24(32)29(26(33)28(23)2)14-8-11-19-9-5-4-6-10-19/h4-7,9-10,12-13,15,18H,8,11,14,16-17H2,1-3H3. The molecule has 5 rings (SSSR count). The van der Waals surface area contributed by atoms with Gasteiger partial charge in [0.2, 0.25) is 5.95 Å². The van der Waals surface area contributed by atoms with E-state index in [4.69, 9.17) is 9.72 Å². The number of fused-ring (bicyclic) bond motifs is 3. The number of aromatic nitrogens is 4. The Kier molecular flexibility index (Phi) is 5.73. The molecule has 34 heavy (non-hydrogen) atoms. The molecule has 8 heteroatoms. The predicted octanol–water partition coefficient (Wildman–Crippen LogP) is 3.33. The molecule has 3 heterocycles. The van der Waals surface area contributed by atoms with E-state index in [0.717, 1.165) is 24.4 Å². The summed E-state index contributed by atoms with van der Waals surface area (Å²) < 4.78 is 10.2. The molecule has 0 spiro atoms. The number of benzene rings is 2. The van der Waals surface area contributed by atoms with E-state index in [2.05, 4.69) is 24.0 Å². The van der Waals surface area contributed by atoms with Gasteiger partial charge in [-0.2, -0.15) is 4.98 Å². The topological polar surface area (TPSA) is 74.3 Å². The molecule has 8 nitrogen and oxygen atoms in total. The molecule has 176 valence electrons. The van der Waals surface area contributed by atoms with Gasteiger partial charge in [0.15, 0.2) is 11.2 Å². The summed E-state index contributed by atoms with van der Waals surface area (Å²) >= 11 is 0. The fraction of sp³-hybridized carbons (Fsp3) is 0.346. The minimum atomic E-state index is -0.331. The molecule has 4 aromatic rings. The van der Waals surface area contributed by atoms with Gasteiger partial charge in [0.05, 0.1) is 7.11 Å². The van der Waals surface area contributed by atoms with Crippen molar-refractivity contribution in [1.82, 2.24) is 18.7 Å².